The molecule has 0 aromatic carbocycles. The maximum absolute atomic E-state index is 11.5. The predicted octanol–water partition coefficient (Wildman–Crippen LogP) is 3.59. The first-order valence-corrected chi connectivity index (χ1v) is 7.87. The van der Waals surface area contributed by atoms with Gasteiger partial charge in [0.25, 0.3) is 0 Å². The Morgan fingerprint density at radius 2 is 2.05 bits per heavy atom. The lowest BCUT2D eigenvalue weighted by atomic mass is 10.0. The van der Waals surface area contributed by atoms with Gasteiger partial charge in [0.15, 0.2) is 0 Å². The van der Waals surface area contributed by atoms with Gasteiger partial charge in [-0.2, -0.15) is 0 Å². The Morgan fingerprint density at radius 1 is 1.26 bits per heavy atom. The molecule has 0 radical (unpaired) electrons. The first-order valence-electron chi connectivity index (χ1n) is 7.87. The van der Waals surface area contributed by atoms with E-state index in [1.54, 1.807) is 0 Å². The van der Waals surface area contributed by atoms with Crippen molar-refractivity contribution in [2.45, 2.75) is 70.8 Å². The van der Waals surface area contributed by atoms with Crippen LogP contribution in [-0.2, 0) is 9.53 Å². The third-order valence-electron chi connectivity index (χ3n) is 3.53. The Balaban J connectivity index is 2.35. The van der Waals surface area contributed by atoms with Crippen LogP contribution in [0.4, 0.5) is 0 Å². The smallest absolute Gasteiger partial charge is 0.305 e. The van der Waals surface area contributed by atoms with Gasteiger partial charge in [0, 0.05) is 19.0 Å². The molecule has 1 aliphatic rings. The molecule has 3 nitrogen and oxygen atoms in total. The first-order chi connectivity index (χ1) is 9.33. The Labute approximate surface area is 117 Å². The summed E-state index contributed by atoms with van der Waals surface area (Å²) >= 11 is 0. The highest BCUT2D eigenvalue weighted by molar-refractivity contribution is 5.69. The van der Waals surface area contributed by atoms with E-state index in [0.717, 1.165) is 19.4 Å². The highest BCUT2D eigenvalue weighted by Gasteiger charge is 2.07. The standard InChI is InChI=1S/C16H29NO2/c1-2-10-15-11-8-6-4-3-5-7-9-12-16(18)19-14-13-17-15/h3,5,15,17H,2,4,6-14H2,1H3/b5-3-/t15-/m1/s1. The van der Waals surface area contributed by atoms with Crippen molar-refractivity contribution in [1.29, 1.82) is 0 Å². The largest absolute Gasteiger partial charge is 0.464 e. The van der Waals surface area contributed by atoms with E-state index < -0.39 is 0 Å². The molecule has 1 rings (SSSR count). The Kier molecular flexibility index (Phi) is 9.42. The summed E-state index contributed by atoms with van der Waals surface area (Å²) in [6.45, 7) is 3.52. The highest BCUT2D eigenvalue weighted by Crippen LogP contribution is 2.10. The topological polar surface area (TPSA) is 38.3 Å². The van der Waals surface area contributed by atoms with E-state index in [9.17, 15) is 4.79 Å². The molecule has 1 heterocycles. The van der Waals surface area contributed by atoms with Gasteiger partial charge >= 0.3 is 5.97 Å². The minimum atomic E-state index is -0.0582. The number of allylic oxidation sites excluding steroid dienone is 2. The van der Waals surface area contributed by atoms with Crippen LogP contribution in [-0.4, -0.2) is 25.2 Å². The molecule has 0 saturated carbocycles. The van der Waals surface area contributed by atoms with Gasteiger partial charge in [0.05, 0.1) is 0 Å². The van der Waals surface area contributed by atoms with E-state index in [1.165, 1.54) is 38.5 Å². The summed E-state index contributed by atoms with van der Waals surface area (Å²) in [5.74, 6) is -0.0582. The van der Waals surface area contributed by atoms with Crippen LogP contribution in [0.5, 0.6) is 0 Å². The van der Waals surface area contributed by atoms with Crippen molar-refractivity contribution in [3.8, 4) is 0 Å². The lowest BCUT2D eigenvalue weighted by molar-refractivity contribution is -0.143. The fourth-order valence-electron chi connectivity index (χ4n) is 2.45. The second kappa shape index (κ2) is 11.0. The maximum atomic E-state index is 11.5. The van der Waals surface area contributed by atoms with Gasteiger partial charge in [0.2, 0.25) is 0 Å². The molecular formula is C16H29NO2. The number of cyclic esters (lactones) is 1. The molecule has 1 aliphatic heterocycles. The number of hydrogen-bond donors (Lipinski definition) is 1. The molecule has 0 aliphatic carbocycles. The summed E-state index contributed by atoms with van der Waals surface area (Å²) in [5, 5.41) is 3.52. The molecule has 0 fully saturated rings. The second-order valence-electron chi connectivity index (χ2n) is 5.31. The lowest BCUT2D eigenvalue weighted by Crippen LogP contribution is -2.32. The second-order valence-corrected chi connectivity index (χ2v) is 5.31. The zero-order chi connectivity index (χ0) is 13.8. The Morgan fingerprint density at radius 3 is 2.84 bits per heavy atom. The maximum Gasteiger partial charge on any atom is 0.305 e. The number of nitrogens with one attached hydrogen (secondary N) is 1. The number of hydrogen-bond acceptors (Lipinski definition) is 3. The molecule has 110 valence electrons. The quantitative estimate of drug-likeness (QED) is 0.614. The van der Waals surface area contributed by atoms with Crippen LogP contribution >= 0.6 is 0 Å². The molecular weight excluding hydrogens is 238 g/mol. The normalized spacial score (nSPS) is 25.9. The van der Waals surface area contributed by atoms with E-state index in [1.807, 2.05) is 0 Å². The van der Waals surface area contributed by atoms with Crippen LogP contribution in [0.25, 0.3) is 0 Å². The molecule has 0 amide bonds. The van der Waals surface area contributed by atoms with Gasteiger partial charge in [0.1, 0.15) is 6.61 Å². The molecule has 19 heavy (non-hydrogen) atoms. The molecule has 0 aromatic rings. The van der Waals surface area contributed by atoms with E-state index in [-0.39, 0.29) is 5.97 Å². The summed E-state index contributed by atoms with van der Waals surface area (Å²) in [5.41, 5.74) is 0. The lowest BCUT2D eigenvalue weighted by Gasteiger charge is -2.17. The van der Waals surface area contributed by atoms with Gasteiger partial charge in [-0.05, 0) is 38.5 Å². The third kappa shape index (κ3) is 8.82. The van der Waals surface area contributed by atoms with Gasteiger partial charge in [-0.25, -0.2) is 0 Å². The first kappa shape index (κ1) is 16.2. The fraction of sp³-hybridized carbons (Fsp3) is 0.812. The summed E-state index contributed by atoms with van der Waals surface area (Å²) in [6, 6.07) is 0.581. The van der Waals surface area contributed by atoms with Crippen LogP contribution in [0.15, 0.2) is 12.2 Å². The van der Waals surface area contributed by atoms with Gasteiger partial charge in [-0.1, -0.05) is 31.9 Å². The number of rotatable bonds is 2. The highest BCUT2D eigenvalue weighted by atomic mass is 16.5. The van der Waals surface area contributed by atoms with Crippen LogP contribution in [0.3, 0.4) is 0 Å². The summed E-state index contributed by atoms with van der Waals surface area (Å²) < 4.78 is 5.22. The molecule has 1 N–H and O–H groups in total. The molecule has 0 aromatic heterocycles. The molecule has 0 saturated heterocycles. The predicted molar refractivity (Wildman–Crippen MR) is 79.1 cm³/mol. The Bertz CT molecular complexity index is 263. The SMILES string of the molecule is CCC[C@@H]1CCCC/C=C\CCCC(=O)OCCN1. The van der Waals surface area contributed by atoms with Crippen molar-refractivity contribution in [3.05, 3.63) is 12.2 Å². The summed E-state index contributed by atoms with van der Waals surface area (Å²) in [6.07, 6.45) is 14.3. The van der Waals surface area contributed by atoms with Crippen LogP contribution in [0, 0.1) is 0 Å². The summed E-state index contributed by atoms with van der Waals surface area (Å²) in [4.78, 5) is 11.5. The average Bonchev–Trinajstić information content (AvgIpc) is 2.41. The van der Waals surface area contributed by atoms with Crippen molar-refractivity contribution in [1.82, 2.24) is 5.32 Å². The number of esters is 1. The van der Waals surface area contributed by atoms with Crippen molar-refractivity contribution < 1.29 is 9.53 Å². The van der Waals surface area contributed by atoms with Crippen LogP contribution in [0.2, 0.25) is 0 Å². The molecule has 0 spiro atoms. The Hall–Kier alpha value is -0.830. The van der Waals surface area contributed by atoms with Gasteiger partial charge in [-0.3, -0.25) is 4.79 Å². The average molecular weight is 267 g/mol. The van der Waals surface area contributed by atoms with E-state index in [2.05, 4.69) is 24.4 Å². The minimum absolute atomic E-state index is 0.0582. The van der Waals surface area contributed by atoms with Crippen molar-refractivity contribution >= 4 is 5.97 Å². The number of carbonyl (C=O) groups is 1. The van der Waals surface area contributed by atoms with Crippen molar-refractivity contribution in [3.63, 3.8) is 0 Å². The zero-order valence-corrected chi connectivity index (χ0v) is 12.3. The van der Waals surface area contributed by atoms with E-state index >= 15 is 0 Å². The third-order valence-corrected chi connectivity index (χ3v) is 3.53. The van der Waals surface area contributed by atoms with Crippen LogP contribution in [0.1, 0.15) is 64.7 Å². The van der Waals surface area contributed by atoms with E-state index in [4.69, 9.17) is 4.74 Å². The van der Waals surface area contributed by atoms with Gasteiger partial charge < -0.3 is 10.1 Å². The van der Waals surface area contributed by atoms with Crippen molar-refractivity contribution in [2.24, 2.45) is 0 Å². The number of carbonyl (C=O) groups excluding carboxylic acids is 1. The molecule has 0 unspecified atom stereocenters. The zero-order valence-electron chi connectivity index (χ0n) is 12.3. The molecule has 3 heteroatoms. The fourth-order valence-corrected chi connectivity index (χ4v) is 2.45. The molecule has 0 bridgehead atoms. The number of ether oxygens (including phenoxy) is 1. The molecule has 1 atom stereocenters. The monoisotopic (exact) mass is 267 g/mol. The van der Waals surface area contributed by atoms with Crippen molar-refractivity contribution in [2.75, 3.05) is 13.2 Å². The minimum Gasteiger partial charge on any atom is -0.464 e. The van der Waals surface area contributed by atoms with Crippen LogP contribution < -0.4 is 5.32 Å². The summed E-state index contributed by atoms with van der Waals surface area (Å²) in [7, 11) is 0. The van der Waals surface area contributed by atoms with Gasteiger partial charge in [-0.15, -0.1) is 0 Å². The van der Waals surface area contributed by atoms with E-state index in [0.29, 0.717) is 19.1 Å².